The monoisotopic (exact) mass is 546 g/mol. The number of thioether (sulfide) groups is 1. The molecule has 4 N–H and O–H groups in total. The van der Waals surface area contributed by atoms with E-state index in [-0.39, 0.29) is 47.3 Å². The summed E-state index contributed by atoms with van der Waals surface area (Å²) in [5, 5.41) is 12.5. The fourth-order valence-electron chi connectivity index (χ4n) is 5.87. The Labute approximate surface area is 230 Å². The van der Waals surface area contributed by atoms with Gasteiger partial charge in [-0.2, -0.15) is 0 Å². The Balaban J connectivity index is 1.20. The van der Waals surface area contributed by atoms with E-state index >= 15 is 0 Å². The van der Waals surface area contributed by atoms with Gasteiger partial charge in [-0.05, 0) is 62.6 Å². The van der Waals surface area contributed by atoms with Crippen molar-refractivity contribution in [2.75, 3.05) is 11.4 Å². The Morgan fingerprint density at radius 2 is 1.87 bits per heavy atom. The minimum atomic E-state index is -0.305. The minimum Gasteiger partial charge on any atom is -0.456 e. The van der Waals surface area contributed by atoms with Gasteiger partial charge in [0.25, 0.3) is 5.91 Å². The van der Waals surface area contributed by atoms with Gasteiger partial charge in [0, 0.05) is 23.7 Å². The first-order valence-electron chi connectivity index (χ1n) is 13.2. The lowest BCUT2D eigenvalue weighted by Crippen LogP contribution is -2.62. The van der Waals surface area contributed by atoms with E-state index in [1.807, 2.05) is 30.3 Å². The molecule has 2 saturated heterocycles. The second kappa shape index (κ2) is 10.7. The number of anilines is 1. The summed E-state index contributed by atoms with van der Waals surface area (Å²) in [4.78, 5) is 45.5. The summed E-state index contributed by atoms with van der Waals surface area (Å²) < 4.78 is 5.85. The van der Waals surface area contributed by atoms with Crippen molar-refractivity contribution in [2.45, 2.75) is 49.2 Å². The van der Waals surface area contributed by atoms with E-state index in [1.165, 1.54) is 17.8 Å². The highest BCUT2D eigenvalue weighted by atomic mass is 32.2. The summed E-state index contributed by atoms with van der Waals surface area (Å²) in [5.41, 5.74) is 0.662. The minimum absolute atomic E-state index is 0.0388. The van der Waals surface area contributed by atoms with Crippen LogP contribution < -0.4 is 30.9 Å². The number of pyridine rings is 1. The number of piperidine rings is 1. The van der Waals surface area contributed by atoms with Crippen molar-refractivity contribution < 1.29 is 19.1 Å². The molecular formula is C28H30N6O4S. The lowest BCUT2D eigenvalue weighted by Gasteiger charge is -2.45. The fraction of sp³-hybridized carbons (Fsp3) is 0.357. The van der Waals surface area contributed by atoms with Crippen molar-refractivity contribution in [1.82, 2.24) is 26.3 Å². The number of ether oxygens (including phenoxy) is 1. The third kappa shape index (κ3) is 4.99. The van der Waals surface area contributed by atoms with Crippen molar-refractivity contribution in [3.63, 3.8) is 0 Å². The van der Waals surface area contributed by atoms with Gasteiger partial charge in [-0.15, -0.1) is 0 Å². The number of carbonyl (C=O) groups excluding carboxylic acids is 3. The highest BCUT2D eigenvalue weighted by molar-refractivity contribution is 8.04. The Morgan fingerprint density at radius 1 is 1.08 bits per heavy atom. The van der Waals surface area contributed by atoms with Crippen LogP contribution in [0, 0.1) is 5.92 Å². The molecule has 6 rings (SSSR count). The quantitative estimate of drug-likeness (QED) is 0.394. The van der Waals surface area contributed by atoms with Crippen LogP contribution in [0.3, 0.4) is 0 Å². The zero-order valence-electron chi connectivity index (χ0n) is 21.3. The molecule has 0 bridgehead atoms. The van der Waals surface area contributed by atoms with Crippen LogP contribution in [0.15, 0.2) is 71.9 Å². The molecule has 11 heteroatoms. The van der Waals surface area contributed by atoms with Crippen LogP contribution in [-0.2, 0) is 9.59 Å². The van der Waals surface area contributed by atoms with Crippen molar-refractivity contribution in [3.05, 3.63) is 71.9 Å². The number of hydrogen-bond acceptors (Lipinski definition) is 7. The lowest BCUT2D eigenvalue weighted by molar-refractivity contribution is -0.119. The molecule has 4 heterocycles. The lowest BCUT2D eigenvalue weighted by atomic mass is 9.86. The molecule has 5 atom stereocenters. The molecule has 10 nitrogen and oxygen atoms in total. The van der Waals surface area contributed by atoms with E-state index in [2.05, 4.69) is 32.8 Å². The number of amides is 4. The molecule has 3 aliphatic heterocycles. The molecule has 1 aliphatic carbocycles. The maximum Gasteiger partial charge on any atom is 0.327 e. The summed E-state index contributed by atoms with van der Waals surface area (Å²) in [6, 6.07) is 12.3. The number of nitrogens with zero attached hydrogens (tertiary/aromatic N) is 2. The largest absolute Gasteiger partial charge is 0.456 e. The van der Waals surface area contributed by atoms with Gasteiger partial charge in [-0.25, -0.2) is 9.78 Å². The van der Waals surface area contributed by atoms with Crippen LogP contribution in [0.4, 0.5) is 10.6 Å². The van der Waals surface area contributed by atoms with Gasteiger partial charge in [0.2, 0.25) is 5.91 Å². The van der Waals surface area contributed by atoms with E-state index in [1.54, 1.807) is 23.2 Å². The highest BCUT2D eigenvalue weighted by Gasteiger charge is 2.52. The van der Waals surface area contributed by atoms with Crippen LogP contribution in [0.1, 0.15) is 25.7 Å². The van der Waals surface area contributed by atoms with Gasteiger partial charge < -0.3 is 26.0 Å². The summed E-state index contributed by atoms with van der Waals surface area (Å²) in [6.45, 7) is 4.23. The Hall–Kier alpha value is -3.83. The fourth-order valence-corrected chi connectivity index (χ4v) is 7.27. The SMILES string of the molecule is C=CC(=O)N[C@H]1CCC[C@H]1NC(=O)C1=C2NC(=O)N(c3ccc(Oc4ccccc4)cn3)C3CCNC(S1)C23. The van der Waals surface area contributed by atoms with Crippen molar-refractivity contribution >= 4 is 35.4 Å². The zero-order chi connectivity index (χ0) is 26.9. The smallest absolute Gasteiger partial charge is 0.327 e. The number of para-hydroxylation sites is 1. The molecule has 1 aromatic heterocycles. The van der Waals surface area contributed by atoms with E-state index < -0.39 is 0 Å². The van der Waals surface area contributed by atoms with Crippen LogP contribution in [0.2, 0.25) is 0 Å². The molecule has 39 heavy (non-hydrogen) atoms. The van der Waals surface area contributed by atoms with E-state index in [0.29, 0.717) is 27.9 Å². The third-order valence-corrected chi connectivity index (χ3v) is 8.99. The van der Waals surface area contributed by atoms with Gasteiger partial charge in [0.05, 0.1) is 22.5 Å². The summed E-state index contributed by atoms with van der Waals surface area (Å²) in [5.74, 6) is 1.28. The molecule has 3 fully saturated rings. The van der Waals surface area contributed by atoms with Crippen molar-refractivity contribution in [1.29, 1.82) is 0 Å². The first-order chi connectivity index (χ1) is 19.0. The summed E-state index contributed by atoms with van der Waals surface area (Å²) >= 11 is 1.46. The number of nitrogens with one attached hydrogen (secondary N) is 4. The number of urea groups is 1. The Kier molecular flexibility index (Phi) is 7.01. The highest BCUT2D eigenvalue weighted by Crippen LogP contribution is 2.47. The molecule has 1 saturated carbocycles. The van der Waals surface area contributed by atoms with Crippen molar-refractivity contribution in [2.24, 2.45) is 5.92 Å². The van der Waals surface area contributed by atoms with E-state index in [9.17, 15) is 14.4 Å². The average molecular weight is 547 g/mol. The maximum absolute atomic E-state index is 13.4. The van der Waals surface area contributed by atoms with E-state index in [0.717, 1.165) is 32.2 Å². The third-order valence-electron chi connectivity index (χ3n) is 7.64. The molecule has 1 aromatic carbocycles. The second-order valence-corrected chi connectivity index (χ2v) is 11.2. The molecule has 4 aliphatic rings. The number of rotatable bonds is 7. The van der Waals surface area contributed by atoms with E-state index in [4.69, 9.17) is 4.74 Å². The van der Waals surface area contributed by atoms with Gasteiger partial charge in [0.1, 0.15) is 17.3 Å². The first kappa shape index (κ1) is 25.4. The van der Waals surface area contributed by atoms with Gasteiger partial charge in [-0.1, -0.05) is 36.5 Å². The first-order valence-corrected chi connectivity index (χ1v) is 14.1. The van der Waals surface area contributed by atoms with Gasteiger partial charge >= 0.3 is 6.03 Å². The standard InChI is InChI=1S/C28H30N6O4S/c1-2-22(35)31-18-9-6-10-19(18)32-26(36)25-24-23-20(13-14-29-27(23)39-25)34(28(37)33-24)21-12-11-17(15-30-21)38-16-7-4-3-5-8-16/h2-5,7-8,11-12,15,18-20,23,27,29H,1,6,9-10,13-14H2,(H,31,35)(H,32,36)(H,33,37)/t18-,19+,20?,23?,27?/m0/s1. The second-order valence-electron chi connectivity index (χ2n) is 10.0. The van der Waals surface area contributed by atoms with Crippen LogP contribution in [-0.4, -0.2) is 52.9 Å². The predicted octanol–water partition coefficient (Wildman–Crippen LogP) is 3.01. The molecule has 0 radical (unpaired) electrons. The van der Waals surface area contributed by atoms with Crippen LogP contribution in [0.5, 0.6) is 11.5 Å². The van der Waals surface area contributed by atoms with Crippen LogP contribution >= 0.6 is 11.8 Å². The summed E-state index contributed by atoms with van der Waals surface area (Å²) in [7, 11) is 0. The maximum atomic E-state index is 13.4. The number of benzene rings is 1. The molecule has 0 spiro atoms. The Morgan fingerprint density at radius 3 is 2.62 bits per heavy atom. The van der Waals surface area contributed by atoms with Crippen LogP contribution in [0.25, 0.3) is 0 Å². The zero-order valence-corrected chi connectivity index (χ0v) is 22.1. The molecule has 202 valence electrons. The molecule has 4 amide bonds. The topological polar surface area (TPSA) is 125 Å². The van der Waals surface area contributed by atoms with Gasteiger partial charge in [0.15, 0.2) is 0 Å². The molecule has 3 unspecified atom stereocenters. The molecular weight excluding hydrogens is 516 g/mol. The number of hydrogen-bond donors (Lipinski definition) is 4. The number of carbonyl (C=O) groups is 3. The number of aromatic nitrogens is 1. The Bertz CT molecular complexity index is 1320. The molecule has 2 aromatic rings. The van der Waals surface area contributed by atoms with Crippen molar-refractivity contribution in [3.8, 4) is 11.5 Å². The summed E-state index contributed by atoms with van der Waals surface area (Å²) in [6.07, 6.45) is 6.08. The van der Waals surface area contributed by atoms with Gasteiger partial charge in [-0.3, -0.25) is 14.5 Å². The predicted molar refractivity (Wildman–Crippen MR) is 148 cm³/mol. The normalized spacial score (nSPS) is 27.4. The average Bonchev–Trinajstić information content (AvgIpc) is 3.54.